The zero-order chi connectivity index (χ0) is 23.9. The molecule has 0 unspecified atom stereocenters. The molecular formula is C25H23ClN2O5S. The first-order valence-electron chi connectivity index (χ1n) is 10.7. The number of fused-ring (bicyclic) bond motifs is 1. The second-order valence-electron chi connectivity index (χ2n) is 7.43. The van der Waals surface area contributed by atoms with Crippen LogP contribution in [0.4, 0.5) is 0 Å². The number of nitrogens with zero attached hydrogens (tertiary/aromatic N) is 2. The summed E-state index contributed by atoms with van der Waals surface area (Å²) < 4.78 is 18.1. The summed E-state index contributed by atoms with van der Waals surface area (Å²) in [6.45, 7) is 2.97. The molecule has 2 aromatic carbocycles. The van der Waals surface area contributed by atoms with Gasteiger partial charge in [0.15, 0.2) is 0 Å². The monoisotopic (exact) mass is 498 g/mol. The van der Waals surface area contributed by atoms with Crippen LogP contribution in [0.15, 0.2) is 65.7 Å². The van der Waals surface area contributed by atoms with Crippen LogP contribution in [0, 0.1) is 6.92 Å². The van der Waals surface area contributed by atoms with Gasteiger partial charge in [0, 0.05) is 11.6 Å². The van der Waals surface area contributed by atoms with E-state index in [1.807, 2.05) is 30.3 Å². The van der Waals surface area contributed by atoms with Crippen molar-refractivity contribution >= 4 is 39.1 Å². The van der Waals surface area contributed by atoms with Crippen LogP contribution < -0.4 is 15.0 Å². The summed E-state index contributed by atoms with van der Waals surface area (Å²) in [4.78, 5) is 30.9. The molecule has 0 aliphatic carbocycles. The van der Waals surface area contributed by atoms with Gasteiger partial charge in [0.05, 0.1) is 18.3 Å². The minimum absolute atomic E-state index is 0.104. The molecule has 0 saturated carbocycles. The minimum Gasteiger partial charge on any atom is -0.494 e. The number of esters is 1. The molecule has 2 aromatic heterocycles. The second-order valence-corrected chi connectivity index (χ2v) is 8.87. The van der Waals surface area contributed by atoms with E-state index >= 15 is 0 Å². The highest BCUT2D eigenvalue weighted by molar-refractivity contribution is 7.20. The van der Waals surface area contributed by atoms with E-state index in [1.54, 1.807) is 31.2 Å². The van der Waals surface area contributed by atoms with Gasteiger partial charge in [-0.3, -0.25) is 9.36 Å². The zero-order valence-corrected chi connectivity index (χ0v) is 20.1. The molecule has 9 heteroatoms. The summed E-state index contributed by atoms with van der Waals surface area (Å²) in [5, 5.41) is 1.09. The number of para-hydroxylation sites is 1. The van der Waals surface area contributed by atoms with Gasteiger partial charge in [-0.25, -0.2) is 9.78 Å². The lowest BCUT2D eigenvalue weighted by Gasteiger charge is -2.08. The van der Waals surface area contributed by atoms with Gasteiger partial charge >= 0.3 is 5.97 Å². The van der Waals surface area contributed by atoms with Crippen LogP contribution >= 0.6 is 22.9 Å². The lowest BCUT2D eigenvalue weighted by molar-refractivity contribution is 0.0455. The maximum absolute atomic E-state index is 13.0. The molecule has 0 atom stereocenters. The average Bonchev–Trinajstić information content (AvgIpc) is 3.19. The number of aryl methyl sites for hydroxylation is 2. The van der Waals surface area contributed by atoms with Crippen molar-refractivity contribution in [3.8, 4) is 11.5 Å². The van der Waals surface area contributed by atoms with Crippen LogP contribution in [0.1, 0.15) is 21.7 Å². The van der Waals surface area contributed by atoms with E-state index < -0.39 is 5.97 Å². The highest BCUT2D eigenvalue weighted by atomic mass is 35.5. The van der Waals surface area contributed by atoms with E-state index in [1.165, 1.54) is 10.9 Å². The summed E-state index contributed by atoms with van der Waals surface area (Å²) in [5.41, 5.74) is 0.398. The number of hydrogen-bond acceptors (Lipinski definition) is 7. The second kappa shape index (κ2) is 11.2. The third-order valence-electron chi connectivity index (χ3n) is 5.06. The van der Waals surface area contributed by atoms with E-state index in [4.69, 9.17) is 25.8 Å². The predicted octanol–water partition coefficient (Wildman–Crippen LogP) is 5.12. The Hall–Kier alpha value is -3.36. The molecule has 0 N–H and O–H groups in total. The van der Waals surface area contributed by atoms with Crippen LogP contribution in [0.5, 0.6) is 11.5 Å². The van der Waals surface area contributed by atoms with Gasteiger partial charge in [0.2, 0.25) is 0 Å². The van der Waals surface area contributed by atoms with Crippen LogP contribution in [-0.2, 0) is 11.3 Å². The highest BCUT2D eigenvalue weighted by Crippen LogP contribution is 2.27. The summed E-state index contributed by atoms with van der Waals surface area (Å²) in [6.07, 6.45) is 2.13. The van der Waals surface area contributed by atoms with Crippen molar-refractivity contribution in [1.29, 1.82) is 0 Å². The SMILES string of the molecule is Cc1c(C(=O)OCCOc2ccccc2)sc2ncn(CCCOc3ccc(Cl)cc3)c(=O)c12. The molecule has 0 amide bonds. The van der Waals surface area contributed by atoms with Gasteiger partial charge in [0.1, 0.15) is 34.4 Å². The van der Waals surface area contributed by atoms with Crippen molar-refractivity contribution in [3.63, 3.8) is 0 Å². The minimum atomic E-state index is -0.487. The number of benzene rings is 2. The number of hydrogen-bond donors (Lipinski definition) is 0. The predicted molar refractivity (Wildman–Crippen MR) is 132 cm³/mol. The Morgan fingerprint density at radius 2 is 1.71 bits per heavy atom. The van der Waals surface area contributed by atoms with E-state index in [2.05, 4.69) is 4.98 Å². The lowest BCUT2D eigenvalue weighted by Crippen LogP contribution is -2.21. The van der Waals surface area contributed by atoms with Crippen molar-refractivity contribution in [1.82, 2.24) is 9.55 Å². The average molecular weight is 499 g/mol. The molecule has 2 heterocycles. The van der Waals surface area contributed by atoms with Crippen molar-refractivity contribution in [2.75, 3.05) is 19.8 Å². The smallest absolute Gasteiger partial charge is 0.348 e. The summed E-state index contributed by atoms with van der Waals surface area (Å²) in [6, 6.07) is 16.4. The number of thiophene rings is 1. The highest BCUT2D eigenvalue weighted by Gasteiger charge is 2.20. The summed E-state index contributed by atoms with van der Waals surface area (Å²) in [7, 11) is 0. The van der Waals surface area contributed by atoms with Crippen molar-refractivity contribution in [2.24, 2.45) is 0 Å². The quantitative estimate of drug-likeness (QED) is 0.223. The molecule has 0 aliphatic rings. The van der Waals surface area contributed by atoms with Gasteiger partial charge in [-0.2, -0.15) is 0 Å². The Balaban J connectivity index is 1.34. The third-order valence-corrected chi connectivity index (χ3v) is 6.49. The molecule has 0 saturated heterocycles. The van der Waals surface area contributed by atoms with Crippen molar-refractivity contribution in [3.05, 3.63) is 86.7 Å². The van der Waals surface area contributed by atoms with Crippen LogP contribution in [-0.4, -0.2) is 35.3 Å². The maximum atomic E-state index is 13.0. The zero-order valence-electron chi connectivity index (χ0n) is 18.5. The standard InChI is InChI=1S/C25H23ClN2O5S/c1-17-21-23(34-22(17)25(30)33-15-14-32-19-6-3-2-4-7-19)27-16-28(24(21)29)12-5-13-31-20-10-8-18(26)9-11-20/h2-4,6-11,16H,5,12-15H2,1H3. The first-order chi connectivity index (χ1) is 16.5. The Morgan fingerprint density at radius 3 is 2.47 bits per heavy atom. The largest absolute Gasteiger partial charge is 0.494 e. The van der Waals surface area contributed by atoms with Crippen LogP contribution in [0.2, 0.25) is 5.02 Å². The normalized spacial score (nSPS) is 10.9. The fourth-order valence-electron chi connectivity index (χ4n) is 3.35. The van der Waals surface area contributed by atoms with E-state index in [-0.39, 0.29) is 18.8 Å². The Bertz CT molecular complexity index is 1320. The van der Waals surface area contributed by atoms with Gasteiger partial charge in [-0.15, -0.1) is 11.3 Å². The molecular weight excluding hydrogens is 476 g/mol. The fraction of sp³-hybridized carbons (Fsp3) is 0.240. The molecule has 4 aromatic rings. The van der Waals surface area contributed by atoms with Crippen molar-refractivity contribution in [2.45, 2.75) is 19.9 Å². The number of carbonyl (C=O) groups is 1. The maximum Gasteiger partial charge on any atom is 0.348 e. The molecule has 7 nitrogen and oxygen atoms in total. The fourth-order valence-corrected chi connectivity index (χ4v) is 4.50. The Morgan fingerprint density at radius 1 is 1.00 bits per heavy atom. The molecule has 4 rings (SSSR count). The number of halogens is 1. The van der Waals surface area contributed by atoms with Gasteiger partial charge in [-0.1, -0.05) is 29.8 Å². The van der Waals surface area contributed by atoms with Crippen LogP contribution in [0.3, 0.4) is 0 Å². The van der Waals surface area contributed by atoms with Gasteiger partial charge in [-0.05, 0) is 55.3 Å². The summed E-state index contributed by atoms with van der Waals surface area (Å²) in [5.74, 6) is 0.940. The first kappa shape index (κ1) is 23.8. The van der Waals surface area contributed by atoms with E-state index in [0.29, 0.717) is 51.0 Å². The van der Waals surface area contributed by atoms with Crippen molar-refractivity contribution < 1.29 is 19.0 Å². The molecule has 176 valence electrons. The molecule has 0 aliphatic heterocycles. The number of ether oxygens (including phenoxy) is 3. The first-order valence-corrected chi connectivity index (χ1v) is 11.9. The Labute approximate surface area is 205 Å². The van der Waals surface area contributed by atoms with Crippen LogP contribution in [0.25, 0.3) is 10.2 Å². The third kappa shape index (κ3) is 5.76. The van der Waals surface area contributed by atoms with E-state index in [9.17, 15) is 9.59 Å². The molecule has 0 radical (unpaired) electrons. The lowest BCUT2D eigenvalue weighted by atomic mass is 10.2. The molecule has 0 bridgehead atoms. The Kier molecular flexibility index (Phi) is 7.82. The van der Waals surface area contributed by atoms with Gasteiger partial charge < -0.3 is 14.2 Å². The topological polar surface area (TPSA) is 79.7 Å². The van der Waals surface area contributed by atoms with Gasteiger partial charge in [0.25, 0.3) is 5.56 Å². The molecule has 0 spiro atoms. The number of carbonyl (C=O) groups excluding carboxylic acids is 1. The number of aromatic nitrogens is 2. The number of rotatable bonds is 10. The molecule has 0 fully saturated rings. The van der Waals surface area contributed by atoms with E-state index in [0.717, 1.165) is 17.1 Å². The molecule has 34 heavy (non-hydrogen) atoms. The summed E-state index contributed by atoms with van der Waals surface area (Å²) >= 11 is 7.03.